The fourth-order valence-corrected chi connectivity index (χ4v) is 1.71. The second kappa shape index (κ2) is 7.85. The van der Waals surface area contributed by atoms with E-state index in [1.165, 1.54) is 6.42 Å². The molecule has 0 heterocycles. The third-order valence-electron chi connectivity index (χ3n) is 2.69. The third kappa shape index (κ3) is 5.00. The van der Waals surface area contributed by atoms with Gasteiger partial charge in [0.1, 0.15) is 0 Å². The van der Waals surface area contributed by atoms with Crippen molar-refractivity contribution >= 4 is 5.91 Å². The number of amides is 1. The molecule has 3 nitrogen and oxygen atoms in total. The summed E-state index contributed by atoms with van der Waals surface area (Å²) in [7, 11) is 0. The lowest BCUT2D eigenvalue weighted by Gasteiger charge is -2.06. The fourth-order valence-electron chi connectivity index (χ4n) is 1.71. The molecule has 0 aromatic heterocycles. The van der Waals surface area contributed by atoms with Gasteiger partial charge in [-0.15, -0.1) is 0 Å². The van der Waals surface area contributed by atoms with Crippen LogP contribution >= 0.6 is 0 Å². The molecule has 17 heavy (non-hydrogen) atoms. The molecule has 0 saturated heterocycles. The van der Waals surface area contributed by atoms with Crippen molar-refractivity contribution < 1.29 is 4.79 Å². The van der Waals surface area contributed by atoms with Gasteiger partial charge in [-0.3, -0.25) is 4.79 Å². The monoisotopic (exact) mass is 234 g/mol. The van der Waals surface area contributed by atoms with Crippen molar-refractivity contribution in [1.82, 2.24) is 5.32 Å². The van der Waals surface area contributed by atoms with Crippen LogP contribution in [0.15, 0.2) is 24.3 Å². The minimum Gasteiger partial charge on any atom is -0.352 e. The Bertz CT molecular complexity index is 350. The van der Waals surface area contributed by atoms with Crippen LogP contribution in [0.5, 0.6) is 0 Å². The van der Waals surface area contributed by atoms with E-state index in [1.807, 2.05) is 24.3 Å². The van der Waals surface area contributed by atoms with Crippen LogP contribution in [-0.2, 0) is 6.42 Å². The van der Waals surface area contributed by atoms with Gasteiger partial charge >= 0.3 is 0 Å². The summed E-state index contributed by atoms with van der Waals surface area (Å²) in [6.45, 7) is 3.52. The Morgan fingerprint density at radius 1 is 1.35 bits per heavy atom. The molecule has 94 valence electrons. The van der Waals surface area contributed by atoms with Crippen molar-refractivity contribution in [3.63, 3.8) is 0 Å². The smallest absolute Gasteiger partial charge is 0.251 e. The highest BCUT2D eigenvalue weighted by Gasteiger charge is 2.04. The summed E-state index contributed by atoms with van der Waals surface area (Å²) in [6, 6.07) is 7.67. The molecule has 0 bridgehead atoms. The predicted octanol–water partition coefficient (Wildman–Crippen LogP) is 2.11. The maximum atomic E-state index is 11.8. The van der Waals surface area contributed by atoms with E-state index >= 15 is 0 Å². The zero-order chi connectivity index (χ0) is 12.5. The lowest BCUT2D eigenvalue weighted by Crippen LogP contribution is -2.24. The Balaban J connectivity index is 2.47. The number of rotatable bonds is 7. The van der Waals surface area contributed by atoms with Crippen molar-refractivity contribution in [3.8, 4) is 0 Å². The van der Waals surface area contributed by atoms with Gasteiger partial charge in [-0.25, -0.2) is 0 Å². The lowest BCUT2D eigenvalue weighted by molar-refractivity contribution is 0.0953. The molecule has 0 spiro atoms. The van der Waals surface area contributed by atoms with Crippen molar-refractivity contribution in [3.05, 3.63) is 35.4 Å². The highest BCUT2D eigenvalue weighted by molar-refractivity contribution is 5.94. The Kier molecular flexibility index (Phi) is 6.33. The van der Waals surface area contributed by atoms with E-state index in [4.69, 9.17) is 5.73 Å². The van der Waals surface area contributed by atoms with Crippen LogP contribution in [0.25, 0.3) is 0 Å². The zero-order valence-electron chi connectivity index (χ0n) is 10.5. The number of nitrogens with one attached hydrogen (secondary N) is 1. The number of nitrogens with two attached hydrogens (primary N) is 1. The molecule has 0 aliphatic carbocycles. The van der Waals surface area contributed by atoms with Gasteiger partial charge in [0.15, 0.2) is 0 Å². The Morgan fingerprint density at radius 2 is 2.18 bits per heavy atom. The third-order valence-corrected chi connectivity index (χ3v) is 2.69. The summed E-state index contributed by atoms with van der Waals surface area (Å²) in [4.78, 5) is 11.8. The molecule has 1 amide bonds. The summed E-state index contributed by atoms with van der Waals surface area (Å²) < 4.78 is 0. The standard InChI is InChI=1S/C14H22N2O/c1-2-3-4-10-16-14(17)13-7-5-6-12(11-13)8-9-15/h5-7,11H,2-4,8-10,15H2,1H3,(H,16,17). The minimum atomic E-state index is 0.0139. The van der Waals surface area contributed by atoms with Crippen LogP contribution in [0.4, 0.5) is 0 Å². The summed E-state index contributed by atoms with van der Waals surface area (Å²) in [6.07, 6.45) is 4.19. The first kappa shape index (κ1) is 13.7. The van der Waals surface area contributed by atoms with E-state index in [-0.39, 0.29) is 5.91 Å². The lowest BCUT2D eigenvalue weighted by atomic mass is 10.1. The first-order valence-corrected chi connectivity index (χ1v) is 6.35. The van der Waals surface area contributed by atoms with Crippen LogP contribution in [0.2, 0.25) is 0 Å². The SMILES string of the molecule is CCCCCNC(=O)c1cccc(CCN)c1. The van der Waals surface area contributed by atoms with Crippen molar-refractivity contribution in [2.45, 2.75) is 32.6 Å². The highest BCUT2D eigenvalue weighted by Crippen LogP contribution is 2.05. The number of hydrogen-bond donors (Lipinski definition) is 2. The van der Waals surface area contributed by atoms with Gasteiger partial charge < -0.3 is 11.1 Å². The highest BCUT2D eigenvalue weighted by atomic mass is 16.1. The van der Waals surface area contributed by atoms with E-state index in [2.05, 4.69) is 12.2 Å². The second-order valence-corrected chi connectivity index (χ2v) is 4.20. The van der Waals surface area contributed by atoms with E-state index in [0.717, 1.165) is 36.9 Å². The largest absolute Gasteiger partial charge is 0.352 e. The molecule has 3 N–H and O–H groups in total. The predicted molar refractivity (Wildman–Crippen MR) is 71.1 cm³/mol. The molecule has 0 radical (unpaired) electrons. The molecule has 0 saturated carbocycles. The number of benzene rings is 1. The number of carbonyl (C=O) groups is 1. The molecule has 0 atom stereocenters. The molecule has 1 rings (SSSR count). The van der Waals surface area contributed by atoms with Gasteiger partial charge in [-0.05, 0) is 37.1 Å². The maximum absolute atomic E-state index is 11.8. The molecule has 3 heteroatoms. The quantitative estimate of drug-likeness (QED) is 0.710. The van der Waals surface area contributed by atoms with Crippen LogP contribution in [0, 0.1) is 0 Å². The van der Waals surface area contributed by atoms with Crippen LogP contribution in [0.3, 0.4) is 0 Å². The number of carbonyl (C=O) groups excluding carboxylic acids is 1. The zero-order valence-corrected chi connectivity index (χ0v) is 10.5. The van der Waals surface area contributed by atoms with Crippen molar-refractivity contribution in [1.29, 1.82) is 0 Å². The van der Waals surface area contributed by atoms with Gasteiger partial charge in [-0.1, -0.05) is 31.9 Å². The average molecular weight is 234 g/mol. The van der Waals surface area contributed by atoms with E-state index < -0.39 is 0 Å². The molecule has 0 aliphatic rings. The summed E-state index contributed by atoms with van der Waals surface area (Å²) in [5, 5.41) is 2.93. The first-order valence-electron chi connectivity index (χ1n) is 6.35. The van der Waals surface area contributed by atoms with Gasteiger partial charge in [0.25, 0.3) is 5.91 Å². The number of hydrogen-bond acceptors (Lipinski definition) is 2. The average Bonchev–Trinajstić information content (AvgIpc) is 2.35. The van der Waals surface area contributed by atoms with Gasteiger partial charge in [0.05, 0.1) is 0 Å². The topological polar surface area (TPSA) is 55.1 Å². The van der Waals surface area contributed by atoms with E-state index in [1.54, 1.807) is 0 Å². The van der Waals surface area contributed by atoms with Gasteiger partial charge in [-0.2, -0.15) is 0 Å². The van der Waals surface area contributed by atoms with Crippen LogP contribution < -0.4 is 11.1 Å². The Hall–Kier alpha value is -1.35. The van der Waals surface area contributed by atoms with Crippen LogP contribution in [-0.4, -0.2) is 19.0 Å². The summed E-state index contributed by atoms with van der Waals surface area (Å²) in [5.74, 6) is 0.0139. The van der Waals surface area contributed by atoms with Gasteiger partial charge in [0, 0.05) is 12.1 Å². The molecular formula is C14H22N2O. The minimum absolute atomic E-state index is 0.0139. The molecule has 0 unspecified atom stereocenters. The van der Waals surface area contributed by atoms with Crippen molar-refractivity contribution in [2.24, 2.45) is 5.73 Å². The maximum Gasteiger partial charge on any atom is 0.251 e. The van der Waals surface area contributed by atoms with E-state index in [0.29, 0.717) is 6.54 Å². The fraction of sp³-hybridized carbons (Fsp3) is 0.500. The Labute approximate surface area is 103 Å². The normalized spacial score (nSPS) is 10.2. The summed E-state index contributed by atoms with van der Waals surface area (Å²) in [5.41, 5.74) is 7.35. The molecule has 1 aromatic rings. The van der Waals surface area contributed by atoms with E-state index in [9.17, 15) is 4.79 Å². The Morgan fingerprint density at radius 3 is 2.88 bits per heavy atom. The second-order valence-electron chi connectivity index (χ2n) is 4.20. The van der Waals surface area contributed by atoms with Crippen molar-refractivity contribution in [2.75, 3.05) is 13.1 Å². The summed E-state index contributed by atoms with van der Waals surface area (Å²) >= 11 is 0. The van der Waals surface area contributed by atoms with Gasteiger partial charge in [0.2, 0.25) is 0 Å². The molecule has 1 aromatic carbocycles. The first-order chi connectivity index (χ1) is 8.27. The van der Waals surface area contributed by atoms with Crippen LogP contribution in [0.1, 0.15) is 42.1 Å². The number of unbranched alkanes of at least 4 members (excludes halogenated alkanes) is 2. The molecule has 0 aliphatic heterocycles. The molecular weight excluding hydrogens is 212 g/mol. The molecule has 0 fully saturated rings.